The molecule has 0 aliphatic carbocycles. The molecule has 0 radical (unpaired) electrons. The summed E-state index contributed by atoms with van der Waals surface area (Å²) in [5, 5.41) is 12.1. The Kier molecular flexibility index (Phi) is 6.32. The zero-order valence-electron chi connectivity index (χ0n) is 11.6. The van der Waals surface area contributed by atoms with Crippen molar-refractivity contribution in [2.75, 3.05) is 27.4 Å². The Labute approximate surface area is 113 Å². The van der Waals surface area contributed by atoms with Crippen molar-refractivity contribution in [3.63, 3.8) is 0 Å². The van der Waals surface area contributed by atoms with Crippen LogP contribution in [-0.2, 0) is 16.0 Å². The molecule has 1 aromatic carbocycles. The molecule has 1 aromatic rings. The summed E-state index contributed by atoms with van der Waals surface area (Å²) in [6, 6.07) is 5.66. The van der Waals surface area contributed by atoms with E-state index in [2.05, 4.69) is 5.32 Å². The van der Waals surface area contributed by atoms with Crippen LogP contribution in [0.25, 0.3) is 0 Å². The van der Waals surface area contributed by atoms with Crippen molar-refractivity contribution in [1.82, 2.24) is 5.32 Å². The van der Waals surface area contributed by atoms with Gasteiger partial charge in [0.2, 0.25) is 5.91 Å². The normalized spacial score (nSPS) is 12.0. The predicted octanol–water partition coefficient (Wildman–Crippen LogP) is 0.670. The lowest BCUT2D eigenvalue weighted by atomic mass is 10.1. The van der Waals surface area contributed by atoms with E-state index in [1.807, 2.05) is 25.1 Å². The van der Waals surface area contributed by atoms with Gasteiger partial charge in [0.1, 0.15) is 5.75 Å². The largest absolute Gasteiger partial charge is 0.496 e. The molecule has 0 aromatic heterocycles. The van der Waals surface area contributed by atoms with Crippen molar-refractivity contribution in [1.29, 1.82) is 0 Å². The maximum atomic E-state index is 11.7. The first-order chi connectivity index (χ1) is 9.06. The molecule has 0 bridgehead atoms. The van der Waals surface area contributed by atoms with Gasteiger partial charge in [-0.1, -0.05) is 12.1 Å². The molecular weight excluding hydrogens is 246 g/mol. The van der Waals surface area contributed by atoms with E-state index < -0.39 is 6.10 Å². The van der Waals surface area contributed by atoms with Crippen molar-refractivity contribution in [2.24, 2.45) is 0 Å². The van der Waals surface area contributed by atoms with Crippen LogP contribution in [0.3, 0.4) is 0 Å². The molecule has 5 nitrogen and oxygen atoms in total. The molecule has 0 fully saturated rings. The molecule has 1 unspecified atom stereocenters. The smallest absolute Gasteiger partial charge is 0.224 e. The van der Waals surface area contributed by atoms with Crippen LogP contribution in [0.5, 0.6) is 5.75 Å². The summed E-state index contributed by atoms with van der Waals surface area (Å²) in [5.41, 5.74) is 1.91. The lowest BCUT2D eigenvalue weighted by molar-refractivity contribution is -0.121. The molecule has 19 heavy (non-hydrogen) atoms. The zero-order valence-corrected chi connectivity index (χ0v) is 11.6. The number of nitrogens with one attached hydrogen (secondary N) is 1. The summed E-state index contributed by atoms with van der Waals surface area (Å²) < 4.78 is 9.99. The van der Waals surface area contributed by atoms with E-state index in [4.69, 9.17) is 9.47 Å². The number of aliphatic hydroxyl groups is 1. The number of hydrogen-bond donors (Lipinski definition) is 2. The maximum absolute atomic E-state index is 11.7. The lowest BCUT2D eigenvalue weighted by Crippen LogP contribution is -2.35. The van der Waals surface area contributed by atoms with Crippen LogP contribution < -0.4 is 10.1 Å². The number of aryl methyl sites for hydroxylation is 1. The second-order valence-corrected chi connectivity index (χ2v) is 4.39. The van der Waals surface area contributed by atoms with Gasteiger partial charge in [0.25, 0.3) is 0 Å². The zero-order chi connectivity index (χ0) is 14.3. The first-order valence-corrected chi connectivity index (χ1v) is 6.14. The van der Waals surface area contributed by atoms with Crippen LogP contribution in [0, 0.1) is 6.92 Å². The quantitative estimate of drug-likeness (QED) is 0.762. The van der Waals surface area contributed by atoms with E-state index >= 15 is 0 Å². The van der Waals surface area contributed by atoms with Crippen molar-refractivity contribution in [3.05, 3.63) is 29.3 Å². The molecule has 0 aliphatic rings. The molecule has 0 spiro atoms. The van der Waals surface area contributed by atoms with Crippen LogP contribution in [-0.4, -0.2) is 44.5 Å². The summed E-state index contributed by atoms with van der Waals surface area (Å²) >= 11 is 0. The topological polar surface area (TPSA) is 67.8 Å². The minimum absolute atomic E-state index is 0.138. The molecule has 0 aliphatic heterocycles. The molecule has 106 valence electrons. The fourth-order valence-corrected chi connectivity index (χ4v) is 1.71. The average Bonchev–Trinajstić information content (AvgIpc) is 2.39. The van der Waals surface area contributed by atoms with Crippen LogP contribution in [0.15, 0.2) is 18.2 Å². The van der Waals surface area contributed by atoms with Crippen LogP contribution in [0.4, 0.5) is 0 Å². The molecule has 1 atom stereocenters. The molecule has 0 saturated carbocycles. The minimum Gasteiger partial charge on any atom is -0.496 e. The number of benzene rings is 1. The molecule has 2 N–H and O–H groups in total. The molecule has 1 rings (SSSR count). The van der Waals surface area contributed by atoms with E-state index in [1.165, 1.54) is 7.11 Å². The maximum Gasteiger partial charge on any atom is 0.224 e. The second-order valence-electron chi connectivity index (χ2n) is 4.39. The van der Waals surface area contributed by atoms with Crippen molar-refractivity contribution < 1.29 is 19.4 Å². The van der Waals surface area contributed by atoms with E-state index in [0.717, 1.165) is 16.9 Å². The number of carbonyl (C=O) groups is 1. The second kappa shape index (κ2) is 7.76. The summed E-state index contributed by atoms with van der Waals surface area (Å²) in [6.07, 6.45) is -0.419. The Morgan fingerprint density at radius 3 is 2.79 bits per heavy atom. The average molecular weight is 267 g/mol. The lowest BCUT2D eigenvalue weighted by Gasteiger charge is -2.11. The number of amides is 1. The van der Waals surface area contributed by atoms with Crippen molar-refractivity contribution in [3.8, 4) is 5.75 Å². The van der Waals surface area contributed by atoms with Gasteiger partial charge < -0.3 is 19.9 Å². The molecular formula is C14H21NO4. The number of rotatable bonds is 7. The highest BCUT2D eigenvalue weighted by Gasteiger charge is 2.08. The number of methoxy groups -OCH3 is 2. The van der Waals surface area contributed by atoms with Crippen LogP contribution in [0.2, 0.25) is 0 Å². The van der Waals surface area contributed by atoms with Crippen LogP contribution in [0.1, 0.15) is 11.1 Å². The Balaban J connectivity index is 2.48. The van der Waals surface area contributed by atoms with Gasteiger partial charge in [-0.2, -0.15) is 0 Å². The SMILES string of the molecule is COCC(O)CNC(=O)Cc1ccc(C)c(OC)c1. The first-order valence-electron chi connectivity index (χ1n) is 6.14. The van der Waals surface area contributed by atoms with Gasteiger partial charge in [0.05, 0.1) is 26.2 Å². The highest BCUT2D eigenvalue weighted by Crippen LogP contribution is 2.19. The standard InChI is InChI=1S/C14H21NO4/c1-10-4-5-11(6-13(10)19-3)7-14(17)15-8-12(16)9-18-2/h4-6,12,16H,7-9H2,1-3H3,(H,15,17). The Hall–Kier alpha value is -1.59. The van der Waals surface area contributed by atoms with Gasteiger partial charge in [-0.25, -0.2) is 0 Å². The highest BCUT2D eigenvalue weighted by atomic mass is 16.5. The molecule has 0 saturated heterocycles. The first kappa shape index (κ1) is 15.5. The third-order valence-electron chi connectivity index (χ3n) is 2.73. The van der Waals surface area contributed by atoms with Crippen molar-refractivity contribution >= 4 is 5.91 Å². The van der Waals surface area contributed by atoms with E-state index in [0.29, 0.717) is 0 Å². The number of ether oxygens (including phenoxy) is 2. The number of carbonyl (C=O) groups excluding carboxylic acids is 1. The van der Waals surface area contributed by atoms with Crippen molar-refractivity contribution in [2.45, 2.75) is 19.4 Å². The summed E-state index contributed by atoms with van der Waals surface area (Å²) in [4.78, 5) is 11.7. The monoisotopic (exact) mass is 267 g/mol. The Morgan fingerprint density at radius 2 is 2.16 bits per heavy atom. The van der Waals surface area contributed by atoms with Gasteiger partial charge in [0.15, 0.2) is 0 Å². The summed E-state index contributed by atoms with van der Waals surface area (Å²) in [6.45, 7) is 2.35. The Morgan fingerprint density at radius 1 is 1.42 bits per heavy atom. The third kappa shape index (κ3) is 5.28. The third-order valence-corrected chi connectivity index (χ3v) is 2.73. The van der Waals surface area contributed by atoms with E-state index in [-0.39, 0.29) is 25.5 Å². The molecule has 1 amide bonds. The fourth-order valence-electron chi connectivity index (χ4n) is 1.71. The van der Waals surface area contributed by atoms with Gasteiger partial charge in [-0.3, -0.25) is 4.79 Å². The van der Waals surface area contributed by atoms with Gasteiger partial charge >= 0.3 is 0 Å². The molecule has 0 heterocycles. The van der Waals surface area contributed by atoms with E-state index in [9.17, 15) is 9.90 Å². The minimum atomic E-state index is -0.679. The van der Waals surface area contributed by atoms with Gasteiger partial charge in [-0.15, -0.1) is 0 Å². The van der Waals surface area contributed by atoms with Gasteiger partial charge in [-0.05, 0) is 24.1 Å². The van der Waals surface area contributed by atoms with Gasteiger partial charge in [0, 0.05) is 13.7 Å². The Bertz CT molecular complexity index is 420. The number of aliphatic hydroxyl groups excluding tert-OH is 1. The van der Waals surface area contributed by atoms with Crippen LogP contribution >= 0.6 is 0 Å². The highest BCUT2D eigenvalue weighted by molar-refractivity contribution is 5.78. The summed E-state index contributed by atoms with van der Waals surface area (Å²) in [7, 11) is 3.11. The summed E-state index contributed by atoms with van der Waals surface area (Å²) in [5.74, 6) is 0.630. The number of hydrogen-bond acceptors (Lipinski definition) is 4. The fraction of sp³-hybridized carbons (Fsp3) is 0.500. The van der Waals surface area contributed by atoms with E-state index in [1.54, 1.807) is 7.11 Å². The molecule has 5 heteroatoms. The predicted molar refractivity (Wildman–Crippen MR) is 72.3 cm³/mol.